The molecule has 0 aliphatic carbocycles. The van der Waals surface area contributed by atoms with Gasteiger partial charge in [0.1, 0.15) is 0 Å². The molecule has 0 N–H and O–H groups in total. The lowest BCUT2D eigenvalue weighted by Gasteiger charge is -2.05. The second kappa shape index (κ2) is 4.96. The van der Waals surface area contributed by atoms with Crippen LogP contribution in [0.25, 0.3) is 0 Å². The summed E-state index contributed by atoms with van der Waals surface area (Å²) < 4.78 is 24.7. The maximum Gasteiger partial charge on any atom is 0.207 e. The number of halogens is 1. The molecule has 0 unspecified atom stereocenters. The number of rotatable bonds is 3. The van der Waals surface area contributed by atoms with Crippen molar-refractivity contribution in [2.75, 3.05) is 0 Å². The minimum atomic E-state index is -3.74. The molecule has 19 heavy (non-hydrogen) atoms. The molecular weight excluding hydrogens is 308 g/mol. The Morgan fingerprint density at radius 2 is 1.84 bits per heavy atom. The lowest BCUT2D eigenvalue weighted by atomic mass is 10.3. The van der Waals surface area contributed by atoms with Gasteiger partial charge in [-0.15, -0.1) is 11.3 Å². The number of benzene rings is 1. The molecule has 100 valence electrons. The van der Waals surface area contributed by atoms with Crippen LogP contribution in [0.4, 0.5) is 0 Å². The highest BCUT2D eigenvalue weighted by atomic mass is 35.5. The lowest BCUT2D eigenvalue weighted by Crippen LogP contribution is -2.22. The molecule has 0 aliphatic heterocycles. The van der Waals surface area contributed by atoms with Crippen LogP contribution >= 0.6 is 22.9 Å². The van der Waals surface area contributed by atoms with E-state index in [1.807, 2.05) is 0 Å². The number of aromatic carboxylic acids is 1. The molecule has 0 spiro atoms. The van der Waals surface area contributed by atoms with Gasteiger partial charge in [0.05, 0.1) is 20.6 Å². The number of sulfone groups is 1. The van der Waals surface area contributed by atoms with Gasteiger partial charge >= 0.3 is 0 Å². The smallest absolute Gasteiger partial charge is 0.207 e. The van der Waals surface area contributed by atoms with Gasteiger partial charge in [0.2, 0.25) is 9.84 Å². The van der Waals surface area contributed by atoms with Gasteiger partial charge in [-0.05, 0) is 36.8 Å². The zero-order chi connectivity index (χ0) is 14.2. The van der Waals surface area contributed by atoms with Crippen LogP contribution in [0.15, 0.2) is 39.4 Å². The molecule has 0 fully saturated rings. The molecule has 1 heterocycles. The summed E-state index contributed by atoms with van der Waals surface area (Å²) in [5.41, 5.74) is 0.194. The summed E-state index contributed by atoms with van der Waals surface area (Å²) in [6.07, 6.45) is 0. The van der Waals surface area contributed by atoms with Crippen molar-refractivity contribution >= 4 is 38.7 Å². The summed E-state index contributed by atoms with van der Waals surface area (Å²) in [4.78, 5) is 10.8. The predicted octanol–water partition coefficient (Wildman–Crippen LogP) is 1.91. The van der Waals surface area contributed by atoms with E-state index in [-0.39, 0.29) is 20.2 Å². The molecule has 7 heteroatoms. The zero-order valence-corrected chi connectivity index (χ0v) is 12.1. The predicted molar refractivity (Wildman–Crippen MR) is 70.3 cm³/mol. The van der Waals surface area contributed by atoms with Crippen LogP contribution in [0.1, 0.15) is 15.2 Å². The Balaban J connectivity index is 2.57. The largest absolute Gasteiger partial charge is 0.544 e. The number of carbonyl (C=O) groups excluding carboxylic acids is 1. The lowest BCUT2D eigenvalue weighted by molar-refractivity contribution is -0.254. The summed E-state index contributed by atoms with van der Waals surface area (Å²) in [5, 5.41) is 12.6. The fraction of sp³-hybridized carbons (Fsp3) is 0.0833. The molecule has 0 radical (unpaired) electrons. The van der Waals surface area contributed by atoms with Crippen molar-refractivity contribution in [3.05, 3.63) is 45.1 Å². The van der Waals surface area contributed by atoms with E-state index in [0.717, 1.165) is 11.3 Å². The molecule has 0 aliphatic rings. The summed E-state index contributed by atoms with van der Waals surface area (Å²) >= 11 is 6.55. The third-order valence-electron chi connectivity index (χ3n) is 2.59. The summed E-state index contributed by atoms with van der Waals surface area (Å²) in [6.45, 7) is 1.45. The zero-order valence-electron chi connectivity index (χ0n) is 9.71. The van der Waals surface area contributed by atoms with Crippen LogP contribution in [0.2, 0.25) is 5.02 Å². The standard InChI is InChI=1S/C12H9ClO4S2/c1-7-10(6-18-11(7)12(14)15)19(16,17)9-4-2-8(13)3-5-9/h2-6H,1H3,(H,14,15)/p-1. The summed E-state index contributed by atoms with van der Waals surface area (Å²) in [7, 11) is -3.74. The van der Waals surface area contributed by atoms with E-state index in [2.05, 4.69) is 0 Å². The van der Waals surface area contributed by atoms with Gasteiger partial charge in [-0.1, -0.05) is 11.6 Å². The van der Waals surface area contributed by atoms with Crippen molar-refractivity contribution in [2.24, 2.45) is 0 Å². The average molecular weight is 316 g/mol. The van der Waals surface area contributed by atoms with Gasteiger partial charge in [0.15, 0.2) is 0 Å². The Kier molecular flexibility index (Phi) is 3.66. The van der Waals surface area contributed by atoms with Gasteiger partial charge in [0.25, 0.3) is 0 Å². The van der Waals surface area contributed by atoms with Gasteiger partial charge < -0.3 is 9.90 Å². The van der Waals surface area contributed by atoms with E-state index in [4.69, 9.17) is 11.6 Å². The molecule has 1 aromatic carbocycles. The van der Waals surface area contributed by atoms with Crippen LogP contribution in [-0.2, 0) is 9.84 Å². The number of carboxylic acid groups (broad SMARTS) is 1. The van der Waals surface area contributed by atoms with Gasteiger partial charge in [0, 0.05) is 10.4 Å². The number of carboxylic acids is 1. The van der Waals surface area contributed by atoms with E-state index in [1.54, 1.807) is 0 Å². The first-order chi connectivity index (χ1) is 8.84. The number of thiophene rings is 1. The van der Waals surface area contributed by atoms with E-state index in [0.29, 0.717) is 5.02 Å². The summed E-state index contributed by atoms with van der Waals surface area (Å²) in [6, 6.07) is 5.70. The molecule has 2 aromatic rings. The summed E-state index contributed by atoms with van der Waals surface area (Å²) in [5.74, 6) is -1.37. The maximum absolute atomic E-state index is 12.4. The van der Waals surface area contributed by atoms with Crippen LogP contribution in [0.3, 0.4) is 0 Å². The van der Waals surface area contributed by atoms with Crippen LogP contribution in [0, 0.1) is 6.92 Å². The molecule has 0 saturated heterocycles. The Morgan fingerprint density at radius 3 is 2.32 bits per heavy atom. The van der Waals surface area contributed by atoms with Crippen molar-refractivity contribution in [2.45, 2.75) is 16.7 Å². The van der Waals surface area contributed by atoms with Crippen LogP contribution in [-0.4, -0.2) is 14.4 Å². The van der Waals surface area contributed by atoms with Gasteiger partial charge in [-0.3, -0.25) is 0 Å². The normalized spacial score (nSPS) is 11.5. The third kappa shape index (κ3) is 2.51. The molecule has 0 saturated carbocycles. The highest BCUT2D eigenvalue weighted by Gasteiger charge is 2.23. The van der Waals surface area contributed by atoms with E-state index >= 15 is 0 Å². The molecule has 0 atom stereocenters. The Morgan fingerprint density at radius 1 is 1.26 bits per heavy atom. The molecule has 1 aromatic heterocycles. The van der Waals surface area contributed by atoms with Gasteiger partial charge in [-0.2, -0.15) is 0 Å². The van der Waals surface area contributed by atoms with Crippen molar-refractivity contribution < 1.29 is 18.3 Å². The first-order valence-corrected chi connectivity index (χ1v) is 7.88. The van der Waals surface area contributed by atoms with Crippen molar-refractivity contribution in [1.82, 2.24) is 0 Å². The minimum absolute atomic E-state index is 0.0148. The van der Waals surface area contributed by atoms with E-state index in [9.17, 15) is 18.3 Å². The molecular formula is C12H8ClO4S2-. The van der Waals surface area contributed by atoms with Crippen LogP contribution in [0.5, 0.6) is 0 Å². The fourth-order valence-corrected chi connectivity index (χ4v) is 4.49. The second-order valence-electron chi connectivity index (χ2n) is 3.80. The Hall–Kier alpha value is -1.37. The Labute approximate surface area is 119 Å². The van der Waals surface area contributed by atoms with Crippen molar-refractivity contribution in [3.8, 4) is 0 Å². The highest BCUT2D eigenvalue weighted by Crippen LogP contribution is 2.30. The first kappa shape index (κ1) is 14.0. The molecule has 4 nitrogen and oxygen atoms in total. The number of hydrogen-bond donors (Lipinski definition) is 0. The van der Waals surface area contributed by atoms with Crippen LogP contribution < -0.4 is 5.11 Å². The maximum atomic E-state index is 12.4. The Bertz CT molecular complexity index is 730. The van der Waals surface area contributed by atoms with Crippen molar-refractivity contribution in [1.29, 1.82) is 0 Å². The highest BCUT2D eigenvalue weighted by molar-refractivity contribution is 7.91. The molecule has 0 amide bonds. The average Bonchev–Trinajstić information content (AvgIpc) is 2.72. The van der Waals surface area contributed by atoms with Gasteiger partial charge in [-0.25, -0.2) is 8.42 Å². The number of hydrogen-bond acceptors (Lipinski definition) is 5. The van der Waals surface area contributed by atoms with Crippen molar-refractivity contribution in [3.63, 3.8) is 0 Å². The minimum Gasteiger partial charge on any atom is -0.544 e. The first-order valence-electron chi connectivity index (χ1n) is 5.14. The molecule has 0 bridgehead atoms. The molecule has 2 rings (SSSR count). The SMILES string of the molecule is Cc1c(S(=O)(=O)c2ccc(Cl)cc2)csc1C(=O)[O-]. The number of carbonyl (C=O) groups is 1. The topological polar surface area (TPSA) is 74.3 Å². The monoisotopic (exact) mass is 315 g/mol. The second-order valence-corrected chi connectivity index (χ2v) is 7.03. The fourth-order valence-electron chi connectivity index (χ4n) is 1.61. The van der Waals surface area contributed by atoms with E-state index < -0.39 is 15.8 Å². The van der Waals surface area contributed by atoms with E-state index in [1.165, 1.54) is 36.6 Å². The third-order valence-corrected chi connectivity index (χ3v) is 5.95. The quantitative estimate of drug-likeness (QED) is 0.867.